The zero-order chi connectivity index (χ0) is 13.7. The summed E-state index contributed by atoms with van der Waals surface area (Å²) >= 11 is 0. The van der Waals surface area contributed by atoms with Gasteiger partial charge in [-0.2, -0.15) is 5.10 Å². The van der Waals surface area contributed by atoms with Crippen LogP contribution in [-0.4, -0.2) is 32.4 Å². The third-order valence-corrected chi connectivity index (χ3v) is 2.84. The van der Waals surface area contributed by atoms with E-state index in [1.807, 2.05) is 6.07 Å². The summed E-state index contributed by atoms with van der Waals surface area (Å²) in [5, 5.41) is 6.88. The molecule has 1 fully saturated rings. The van der Waals surface area contributed by atoms with Crippen molar-refractivity contribution in [2.45, 2.75) is 12.8 Å². The van der Waals surface area contributed by atoms with Crippen LogP contribution in [0.5, 0.6) is 11.5 Å². The first-order valence-corrected chi connectivity index (χ1v) is 6.07. The predicted molar refractivity (Wildman–Crippen MR) is 72.8 cm³/mol. The maximum absolute atomic E-state index is 11.5. The first-order valence-electron chi connectivity index (χ1n) is 6.07. The minimum atomic E-state index is -0.112. The Labute approximate surface area is 111 Å². The third kappa shape index (κ3) is 3.15. The molecule has 0 saturated carbocycles. The van der Waals surface area contributed by atoms with Crippen molar-refractivity contribution in [3.8, 4) is 11.5 Å². The number of ether oxygens (including phenoxy) is 2. The molecular formula is C13H17N3O3. The molecule has 1 amide bonds. The number of benzene rings is 1. The van der Waals surface area contributed by atoms with Crippen LogP contribution in [0.25, 0.3) is 0 Å². The number of hydrogen-bond donors (Lipinski definition) is 2. The normalized spacial score (nSPS) is 16.9. The lowest BCUT2D eigenvalue weighted by molar-refractivity contribution is -0.115. The molecule has 1 saturated heterocycles. The number of carbonyl (C=O) groups excluding carboxylic acids is 1. The maximum Gasteiger partial charge on any atom is 0.267 e. The highest BCUT2D eigenvalue weighted by Crippen LogP contribution is 2.29. The van der Waals surface area contributed by atoms with Crippen LogP contribution < -0.4 is 20.2 Å². The minimum Gasteiger partial charge on any atom is -0.493 e. The fourth-order valence-electron chi connectivity index (χ4n) is 1.82. The van der Waals surface area contributed by atoms with Crippen LogP contribution in [0.15, 0.2) is 23.3 Å². The zero-order valence-corrected chi connectivity index (χ0v) is 11.0. The molecule has 0 aliphatic carbocycles. The van der Waals surface area contributed by atoms with Gasteiger partial charge in [0.2, 0.25) is 0 Å². The van der Waals surface area contributed by atoms with Crippen molar-refractivity contribution in [2.75, 3.05) is 26.2 Å². The number of carbonyl (C=O) groups is 1. The first kappa shape index (κ1) is 13.2. The highest BCUT2D eigenvalue weighted by molar-refractivity contribution is 6.39. The SMILES string of the molecule is COc1ccc(NN=C2CCCNC2=O)cc1OC. The van der Waals surface area contributed by atoms with Gasteiger partial charge in [-0.25, -0.2) is 0 Å². The summed E-state index contributed by atoms with van der Waals surface area (Å²) in [6.07, 6.45) is 1.60. The molecule has 1 aliphatic rings. The van der Waals surface area contributed by atoms with Crippen LogP contribution in [0.3, 0.4) is 0 Å². The Morgan fingerprint density at radius 2 is 2.05 bits per heavy atom. The lowest BCUT2D eigenvalue weighted by atomic mass is 10.1. The number of amides is 1. The van der Waals surface area contributed by atoms with Gasteiger partial charge in [0.15, 0.2) is 11.5 Å². The molecule has 1 aliphatic heterocycles. The fraction of sp³-hybridized carbons (Fsp3) is 0.385. The van der Waals surface area contributed by atoms with Crippen molar-refractivity contribution in [3.63, 3.8) is 0 Å². The number of hydrogen-bond acceptors (Lipinski definition) is 5. The maximum atomic E-state index is 11.5. The smallest absolute Gasteiger partial charge is 0.267 e. The lowest BCUT2D eigenvalue weighted by Crippen LogP contribution is -2.37. The summed E-state index contributed by atoms with van der Waals surface area (Å²) in [5.41, 5.74) is 4.12. The van der Waals surface area contributed by atoms with Crippen LogP contribution in [0.2, 0.25) is 0 Å². The van der Waals surface area contributed by atoms with E-state index in [0.717, 1.165) is 12.1 Å². The van der Waals surface area contributed by atoms with Crippen LogP contribution in [0.1, 0.15) is 12.8 Å². The second kappa shape index (κ2) is 6.08. The molecular weight excluding hydrogens is 246 g/mol. The van der Waals surface area contributed by atoms with Gasteiger partial charge < -0.3 is 14.8 Å². The van der Waals surface area contributed by atoms with E-state index >= 15 is 0 Å². The molecule has 0 bridgehead atoms. The molecule has 0 radical (unpaired) electrons. The average molecular weight is 263 g/mol. The molecule has 2 N–H and O–H groups in total. The summed E-state index contributed by atoms with van der Waals surface area (Å²) in [6.45, 7) is 0.716. The van der Waals surface area contributed by atoms with Crippen LogP contribution in [0, 0.1) is 0 Å². The Hall–Kier alpha value is -2.24. The number of methoxy groups -OCH3 is 2. The topological polar surface area (TPSA) is 72.0 Å². The predicted octanol–water partition coefficient (Wildman–Crippen LogP) is 1.38. The van der Waals surface area contributed by atoms with E-state index < -0.39 is 0 Å². The van der Waals surface area contributed by atoms with E-state index in [4.69, 9.17) is 9.47 Å². The Morgan fingerprint density at radius 1 is 1.26 bits per heavy atom. The second-order valence-corrected chi connectivity index (χ2v) is 4.10. The molecule has 102 valence electrons. The van der Waals surface area contributed by atoms with E-state index in [0.29, 0.717) is 30.2 Å². The first-order chi connectivity index (χ1) is 9.24. The average Bonchev–Trinajstić information content (AvgIpc) is 2.46. The van der Waals surface area contributed by atoms with Crippen molar-refractivity contribution in [1.29, 1.82) is 0 Å². The van der Waals surface area contributed by atoms with Gasteiger partial charge in [0.25, 0.3) is 5.91 Å². The molecule has 19 heavy (non-hydrogen) atoms. The summed E-state index contributed by atoms with van der Waals surface area (Å²) in [4.78, 5) is 11.5. The summed E-state index contributed by atoms with van der Waals surface area (Å²) in [5.74, 6) is 1.15. The summed E-state index contributed by atoms with van der Waals surface area (Å²) in [7, 11) is 3.15. The van der Waals surface area contributed by atoms with Gasteiger partial charge in [0, 0.05) is 12.6 Å². The van der Waals surface area contributed by atoms with Gasteiger partial charge >= 0.3 is 0 Å². The standard InChI is InChI=1S/C13H17N3O3/c1-18-11-6-5-9(8-12(11)19-2)15-16-10-4-3-7-14-13(10)17/h5-6,8,15H,3-4,7H2,1-2H3,(H,14,17). The molecule has 0 unspecified atom stereocenters. The van der Waals surface area contributed by atoms with Crippen molar-refractivity contribution in [1.82, 2.24) is 5.32 Å². The largest absolute Gasteiger partial charge is 0.493 e. The summed E-state index contributed by atoms with van der Waals surface area (Å²) in [6, 6.07) is 5.36. The third-order valence-electron chi connectivity index (χ3n) is 2.84. The zero-order valence-electron chi connectivity index (χ0n) is 11.0. The van der Waals surface area contributed by atoms with E-state index in [-0.39, 0.29) is 5.91 Å². The fourth-order valence-corrected chi connectivity index (χ4v) is 1.82. The number of nitrogens with one attached hydrogen (secondary N) is 2. The Morgan fingerprint density at radius 3 is 2.74 bits per heavy atom. The summed E-state index contributed by atoms with van der Waals surface area (Å²) < 4.78 is 10.3. The van der Waals surface area contributed by atoms with Gasteiger partial charge in [-0.15, -0.1) is 0 Å². The van der Waals surface area contributed by atoms with Gasteiger partial charge in [0.05, 0.1) is 19.9 Å². The second-order valence-electron chi connectivity index (χ2n) is 4.10. The number of nitrogens with zero attached hydrogens (tertiary/aromatic N) is 1. The molecule has 2 rings (SSSR count). The molecule has 0 aromatic heterocycles. The monoisotopic (exact) mass is 263 g/mol. The number of hydrazone groups is 1. The quantitative estimate of drug-likeness (QED) is 0.805. The van der Waals surface area contributed by atoms with E-state index in [1.165, 1.54) is 0 Å². The van der Waals surface area contributed by atoms with E-state index in [1.54, 1.807) is 26.4 Å². The Kier molecular flexibility index (Phi) is 4.22. The Bertz CT molecular complexity index is 500. The molecule has 6 nitrogen and oxygen atoms in total. The number of anilines is 1. The molecule has 0 atom stereocenters. The van der Waals surface area contributed by atoms with Gasteiger partial charge in [-0.05, 0) is 25.0 Å². The highest BCUT2D eigenvalue weighted by Gasteiger charge is 2.15. The number of piperidine rings is 1. The van der Waals surface area contributed by atoms with E-state index in [9.17, 15) is 4.79 Å². The van der Waals surface area contributed by atoms with Crippen molar-refractivity contribution >= 4 is 17.3 Å². The van der Waals surface area contributed by atoms with Gasteiger partial charge in [-0.3, -0.25) is 10.2 Å². The highest BCUT2D eigenvalue weighted by atomic mass is 16.5. The van der Waals surface area contributed by atoms with E-state index in [2.05, 4.69) is 15.8 Å². The van der Waals surface area contributed by atoms with Gasteiger partial charge in [-0.1, -0.05) is 0 Å². The van der Waals surface area contributed by atoms with Crippen molar-refractivity contribution in [3.05, 3.63) is 18.2 Å². The van der Waals surface area contributed by atoms with Gasteiger partial charge in [0.1, 0.15) is 5.71 Å². The molecule has 6 heteroatoms. The number of rotatable bonds is 4. The van der Waals surface area contributed by atoms with Crippen molar-refractivity contribution < 1.29 is 14.3 Å². The van der Waals surface area contributed by atoms with Crippen LogP contribution >= 0.6 is 0 Å². The molecule has 1 aromatic carbocycles. The lowest BCUT2D eigenvalue weighted by Gasteiger charge is -2.14. The molecule has 0 spiro atoms. The van der Waals surface area contributed by atoms with Crippen molar-refractivity contribution in [2.24, 2.45) is 5.10 Å². The Balaban J connectivity index is 2.10. The molecule has 1 heterocycles. The van der Waals surface area contributed by atoms with Crippen LogP contribution in [0.4, 0.5) is 5.69 Å². The molecule has 1 aromatic rings. The minimum absolute atomic E-state index is 0.112. The van der Waals surface area contributed by atoms with Crippen LogP contribution in [-0.2, 0) is 4.79 Å².